The predicted octanol–water partition coefficient (Wildman–Crippen LogP) is 3.21. The van der Waals surface area contributed by atoms with Crippen molar-refractivity contribution in [3.05, 3.63) is 16.5 Å². The summed E-state index contributed by atoms with van der Waals surface area (Å²) in [5, 5.41) is 16.0. The van der Waals surface area contributed by atoms with Gasteiger partial charge in [0.15, 0.2) is 5.01 Å². The van der Waals surface area contributed by atoms with Crippen LogP contribution in [0.2, 0.25) is 0 Å². The fourth-order valence-electron chi connectivity index (χ4n) is 1.54. The standard InChI is InChI=1S/C13H19N3OS2/c1-13(2,3)14-6-5-11-15-16-12(19-11)10-7-9(17-4)8-18-10/h7-8,14H,5-6H2,1-4H3. The fraction of sp³-hybridized carbons (Fsp3) is 0.538. The van der Waals surface area contributed by atoms with E-state index < -0.39 is 0 Å². The van der Waals surface area contributed by atoms with Crippen molar-refractivity contribution in [2.24, 2.45) is 0 Å². The quantitative estimate of drug-likeness (QED) is 0.920. The summed E-state index contributed by atoms with van der Waals surface area (Å²) in [7, 11) is 1.68. The molecular formula is C13H19N3OS2. The van der Waals surface area contributed by atoms with Gasteiger partial charge >= 0.3 is 0 Å². The van der Waals surface area contributed by atoms with Gasteiger partial charge in [-0.05, 0) is 20.8 Å². The van der Waals surface area contributed by atoms with Gasteiger partial charge in [0.1, 0.15) is 10.8 Å². The normalized spacial score (nSPS) is 11.8. The molecule has 0 aliphatic heterocycles. The van der Waals surface area contributed by atoms with Gasteiger partial charge in [0.25, 0.3) is 0 Å². The number of aromatic nitrogens is 2. The molecule has 6 heteroatoms. The van der Waals surface area contributed by atoms with Crippen molar-refractivity contribution in [1.82, 2.24) is 15.5 Å². The summed E-state index contributed by atoms with van der Waals surface area (Å²) in [6.45, 7) is 7.41. The Morgan fingerprint density at radius 3 is 2.74 bits per heavy atom. The highest BCUT2D eigenvalue weighted by molar-refractivity contribution is 7.20. The number of nitrogens with one attached hydrogen (secondary N) is 1. The van der Waals surface area contributed by atoms with Crippen LogP contribution in [-0.4, -0.2) is 29.4 Å². The summed E-state index contributed by atoms with van der Waals surface area (Å²) in [5.74, 6) is 0.881. The molecule has 104 valence electrons. The Labute approximate surface area is 121 Å². The third-order valence-electron chi connectivity index (χ3n) is 2.48. The number of rotatable bonds is 5. The summed E-state index contributed by atoms with van der Waals surface area (Å²) in [6.07, 6.45) is 0.914. The minimum atomic E-state index is 0.147. The Balaban J connectivity index is 1.95. The van der Waals surface area contributed by atoms with Gasteiger partial charge in [0.05, 0.1) is 12.0 Å². The second-order valence-electron chi connectivity index (χ2n) is 5.28. The van der Waals surface area contributed by atoms with Gasteiger partial charge in [0.2, 0.25) is 0 Å². The number of hydrogen-bond donors (Lipinski definition) is 1. The van der Waals surface area contributed by atoms with E-state index in [-0.39, 0.29) is 5.54 Å². The van der Waals surface area contributed by atoms with Crippen LogP contribution in [0.3, 0.4) is 0 Å². The van der Waals surface area contributed by atoms with Crippen LogP contribution in [0.25, 0.3) is 9.88 Å². The van der Waals surface area contributed by atoms with Gasteiger partial charge in [-0.2, -0.15) is 0 Å². The van der Waals surface area contributed by atoms with E-state index in [2.05, 4.69) is 36.3 Å². The molecule has 0 bridgehead atoms. The minimum absolute atomic E-state index is 0.147. The molecule has 0 spiro atoms. The smallest absolute Gasteiger partial charge is 0.157 e. The molecule has 0 fully saturated rings. The lowest BCUT2D eigenvalue weighted by Crippen LogP contribution is -2.37. The molecule has 0 saturated heterocycles. The highest BCUT2D eigenvalue weighted by Crippen LogP contribution is 2.32. The monoisotopic (exact) mass is 297 g/mol. The summed E-state index contributed by atoms with van der Waals surface area (Å²) >= 11 is 3.29. The maximum absolute atomic E-state index is 5.18. The maximum Gasteiger partial charge on any atom is 0.157 e. The Morgan fingerprint density at radius 1 is 1.32 bits per heavy atom. The molecule has 0 saturated carbocycles. The van der Waals surface area contributed by atoms with E-state index in [0.29, 0.717) is 0 Å². The summed E-state index contributed by atoms with van der Waals surface area (Å²) in [6, 6.07) is 2.00. The molecule has 2 aromatic heterocycles. The number of thiophene rings is 1. The van der Waals surface area contributed by atoms with Crippen molar-refractivity contribution in [3.63, 3.8) is 0 Å². The highest BCUT2D eigenvalue weighted by atomic mass is 32.1. The third-order valence-corrected chi connectivity index (χ3v) is 4.54. The van der Waals surface area contributed by atoms with Crippen LogP contribution >= 0.6 is 22.7 Å². The number of methoxy groups -OCH3 is 1. The Kier molecular flexibility index (Phi) is 4.54. The number of nitrogens with zero attached hydrogens (tertiary/aromatic N) is 2. The summed E-state index contributed by atoms with van der Waals surface area (Å²) < 4.78 is 5.18. The second kappa shape index (κ2) is 5.98. The predicted molar refractivity (Wildman–Crippen MR) is 81.2 cm³/mol. The molecular weight excluding hydrogens is 278 g/mol. The lowest BCUT2D eigenvalue weighted by atomic mass is 10.1. The first-order chi connectivity index (χ1) is 8.98. The van der Waals surface area contributed by atoms with Gasteiger partial charge in [-0.25, -0.2) is 0 Å². The molecule has 0 amide bonds. The van der Waals surface area contributed by atoms with Crippen molar-refractivity contribution in [1.29, 1.82) is 0 Å². The fourth-order valence-corrected chi connectivity index (χ4v) is 3.29. The zero-order valence-electron chi connectivity index (χ0n) is 11.7. The third kappa shape index (κ3) is 4.26. The van der Waals surface area contributed by atoms with E-state index >= 15 is 0 Å². The van der Waals surface area contributed by atoms with Crippen molar-refractivity contribution in [2.75, 3.05) is 13.7 Å². The van der Waals surface area contributed by atoms with Gasteiger partial charge in [-0.3, -0.25) is 0 Å². The molecule has 2 rings (SSSR count). The molecule has 2 heterocycles. The van der Waals surface area contributed by atoms with Crippen LogP contribution in [0.5, 0.6) is 5.75 Å². The molecule has 4 nitrogen and oxygen atoms in total. The summed E-state index contributed by atoms with van der Waals surface area (Å²) in [5.41, 5.74) is 0.147. The van der Waals surface area contributed by atoms with E-state index in [4.69, 9.17) is 4.74 Å². The van der Waals surface area contributed by atoms with Gasteiger partial charge in [0, 0.05) is 30.0 Å². The average Bonchev–Trinajstić information content (AvgIpc) is 2.94. The van der Waals surface area contributed by atoms with E-state index in [9.17, 15) is 0 Å². The zero-order chi connectivity index (χ0) is 13.9. The maximum atomic E-state index is 5.18. The first kappa shape index (κ1) is 14.4. The largest absolute Gasteiger partial charge is 0.496 e. The van der Waals surface area contributed by atoms with Gasteiger partial charge in [-0.15, -0.1) is 21.5 Å². The Morgan fingerprint density at radius 2 is 2.11 bits per heavy atom. The Hall–Kier alpha value is -0.980. The molecule has 0 unspecified atom stereocenters. The molecule has 0 radical (unpaired) electrons. The van der Waals surface area contributed by atoms with E-state index in [1.165, 1.54) is 0 Å². The van der Waals surface area contributed by atoms with Crippen LogP contribution < -0.4 is 10.1 Å². The van der Waals surface area contributed by atoms with E-state index in [0.717, 1.165) is 33.6 Å². The van der Waals surface area contributed by atoms with E-state index in [1.807, 2.05) is 11.4 Å². The molecule has 0 aliphatic rings. The molecule has 0 aromatic carbocycles. The van der Waals surface area contributed by atoms with Crippen molar-refractivity contribution in [2.45, 2.75) is 32.7 Å². The Bertz CT molecular complexity index is 528. The topological polar surface area (TPSA) is 47.0 Å². The highest BCUT2D eigenvalue weighted by Gasteiger charge is 2.11. The van der Waals surface area contributed by atoms with Crippen LogP contribution in [0.15, 0.2) is 11.4 Å². The van der Waals surface area contributed by atoms with Crippen molar-refractivity contribution < 1.29 is 4.74 Å². The molecule has 19 heavy (non-hydrogen) atoms. The van der Waals surface area contributed by atoms with Crippen LogP contribution in [0.1, 0.15) is 25.8 Å². The number of ether oxygens (including phenoxy) is 1. The summed E-state index contributed by atoms with van der Waals surface area (Å²) in [4.78, 5) is 1.12. The minimum Gasteiger partial charge on any atom is -0.496 e. The molecule has 2 aromatic rings. The van der Waals surface area contributed by atoms with Crippen molar-refractivity contribution in [3.8, 4) is 15.6 Å². The molecule has 0 atom stereocenters. The molecule has 0 aliphatic carbocycles. The SMILES string of the molecule is COc1csc(-c2nnc(CCNC(C)(C)C)s2)c1. The first-order valence-corrected chi connectivity index (χ1v) is 7.88. The van der Waals surface area contributed by atoms with Crippen LogP contribution in [0.4, 0.5) is 0 Å². The second-order valence-corrected chi connectivity index (χ2v) is 7.25. The van der Waals surface area contributed by atoms with E-state index in [1.54, 1.807) is 29.8 Å². The molecule has 1 N–H and O–H groups in total. The van der Waals surface area contributed by atoms with Crippen LogP contribution in [-0.2, 0) is 6.42 Å². The first-order valence-electron chi connectivity index (χ1n) is 6.18. The number of hydrogen-bond acceptors (Lipinski definition) is 6. The van der Waals surface area contributed by atoms with Gasteiger partial charge in [-0.1, -0.05) is 11.3 Å². The van der Waals surface area contributed by atoms with Crippen molar-refractivity contribution >= 4 is 22.7 Å². The lowest BCUT2D eigenvalue weighted by Gasteiger charge is -2.19. The van der Waals surface area contributed by atoms with Gasteiger partial charge < -0.3 is 10.1 Å². The zero-order valence-corrected chi connectivity index (χ0v) is 13.3. The average molecular weight is 297 g/mol. The lowest BCUT2D eigenvalue weighted by molar-refractivity contribution is 0.417. The van der Waals surface area contributed by atoms with Crippen LogP contribution in [0, 0.1) is 0 Å².